The van der Waals surface area contributed by atoms with Gasteiger partial charge in [0, 0.05) is 18.6 Å². The number of nitrogens with two attached hydrogens (primary N) is 1. The molecule has 21 heavy (non-hydrogen) atoms. The fourth-order valence-electron chi connectivity index (χ4n) is 3.46. The Labute approximate surface area is 129 Å². The van der Waals surface area contributed by atoms with E-state index in [-0.39, 0.29) is 6.04 Å². The highest BCUT2D eigenvalue weighted by molar-refractivity contribution is 5.38. The van der Waals surface area contributed by atoms with Crippen molar-refractivity contribution in [3.63, 3.8) is 0 Å². The average Bonchev–Trinajstić information content (AvgIpc) is 2.43. The molecule has 3 N–H and O–H groups in total. The van der Waals surface area contributed by atoms with E-state index in [0.29, 0.717) is 18.6 Å². The molecule has 1 saturated heterocycles. The maximum Gasteiger partial charge on any atom is 0.0589 e. The number of aryl methyl sites for hydroxylation is 3. The van der Waals surface area contributed by atoms with Crippen LogP contribution in [0.2, 0.25) is 0 Å². The van der Waals surface area contributed by atoms with E-state index in [9.17, 15) is 0 Å². The minimum atomic E-state index is 0.201. The van der Waals surface area contributed by atoms with Crippen LogP contribution in [0.25, 0.3) is 0 Å². The zero-order valence-electron chi connectivity index (χ0n) is 14.2. The number of nitrogens with one attached hydrogen (secondary N) is 1. The van der Waals surface area contributed by atoms with Crippen molar-refractivity contribution in [2.45, 2.75) is 72.0 Å². The highest BCUT2D eigenvalue weighted by Gasteiger charge is 2.27. The largest absolute Gasteiger partial charge is 0.329 e. The second-order valence-corrected chi connectivity index (χ2v) is 6.75. The van der Waals surface area contributed by atoms with Gasteiger partial charge >= 0.3 is 0 Å². The molecule has 0 aromatic heterocycles. The number of hydrogen-bond acceptors (Lipinski definition) is 3. The first-order valence-corrected chi connectivity index (χ1v) is 8.26. The Balaban J connectivity index is 2.21. The summed E-state index contributed by atoms with van der Waals surface area (Å²) in [6.45, 7) is 11.8. The van der Waals surface area contributed by atoms with Crippen molar-refractivity contribution >= 4 is 0 Å². The van der Waals surface area contributed by atoms with Crippen molar-refractivity contribution in [2.75, 3.05) is 6.54 Å². The van der Waals surface area contributed by atoms with Crippen molar-refractivity contribution in [3.8, 4) is 0 Å². The van der Waals surface area contributed by atoms with Crippen LogP contribution in [0.3, 0.4) is 0 Å². The van der Waals surface area contributed by atoms with E-state index in [0.717, 1.165) is 0 Å². The van der Waals surface area contributed by atoms with Crippen LogP contribution in [0.4, 0.5) is 0 Å². The Morgan fingerprint density at radius 1 is 1.10 bits per heavy atom. The Morgan fingerprint density at radius 3 is 2.24 bits per heavy atom. The number of hydrazine groups is 1. The minimum Gasteiger partial charge on any atom is -0.329 e. The van der Waals surface area contributed by atoms with Gasteiger partial charge in [0.1, 0.15) is 0 Å². The Morgan fingerprint density at radius 2 is 1.67 bits per heavy atom. The first kappa shape index (κ1) is 16.5. The third-order valence-corrected chi connectivity index (χ3v) is 4.99. The normalized spacial score (nSPS) is 25.0. The SMILES string of the molecule is Cc1cc(C)c(C(CN)NN2C(C)CCCC2C)cc1C. The van der Waals surface area contributed by atoms with E-state index in [2.05, 4.69) is 57.2 Å². The summed E-state index contributed by atoms with van der Waals surface area (Å²) in [6, 6.07) is 5.93. The molecule has 0 bridgehead atoms. The fraction of sp³-hybridized carbons (Fsp3) is 0.667. The van der Waals surface area contributed by atoms with Crippen molar-refractivity contribution in [1.82, 2.24) is 10.4 Å². The summed E-state index contributed by atoms with van der Waals surface area (Å²) in [5, 5.41) is 2.43. The van der Waals surface area contributed by atoms with E-state index in [1.165, 1.54) is 41.5 Å². The first-order chi connectivity index (χ1) is 9.93. The van der Waals surface area contributed by atoms with Crippen molar-refractivity contribution in [1.29, 1.82) is 0 Å². The van der Waals surface area contributed by atoms with Crippen molar-refractivity contribution < 1.29 is 0 Å². The highest BCUT2D eigenvalue weighted by Crippen LogP contribution is 2.25. The maximum atomic E-state index is 6.08. The van der Waals surface area contributed by atoms with Gasteiger partial charge in [0.2, 0.25) is 0 Å². The Kier molecular flexibility index (Phi) is 5.42. The third kappa shape index (κ3) is 3.65. The summed E-state index contributed by atoms with van der Waals surface area (Å²) in [6.07, 6.45) is 3.86. The average molecular weight is 289 g/mol. The van der Waals surface area contributed by atoms with Crippen LogP contribution in [0, 0.1) is 20.8 Å². The van der Waals surface area contributed by atoms with Crippen LogP contribution >= 0.6 is 0 Å². The van der Waals surface area contributed by atoms with Gasteiger partial charge in [-0.3, -0.25) is 0 Å². The standard InChI is InChI=1S/C18H31N3/c1-12-9-14(3)17(10-13(12)2)18(11-19)20-21-15(4)7-6-8-16(21)5/h9-10,15-16,18,20H,6-8,11,19H2,1-5H3. The quantitative estimate of drug-likeness (QED) is 0.893. The molecular weight excluding hydrogens is 258 g/mol. The zero-order chi connectivity index (χ0) is 15.6. The number of piperidine rings is 1. The second kappa shape index (κ2) is 6.91. The third-order valence-electron chi connectivity index (χ3n) is 4.99. The Bertz CT molecular complexity index is 474. The predicted molar refractivity (Wildman–Crippen MR) is 90.2 cm³/mol. The summed E-state index contributed by atoms with van der Waals surface area (Å²) in [5.74, 6) is 0. The van der Waals surface area contributed by atoms with Gasteiger partial charge in [-0.2, -0.15) is 0 Å². The van der Waals surface area contributed by atoms with E-state index in [4.69, 9.17) is 5.73 Å². The molecule has 2 rings (SSSR count). The zero-order valence-corrected chi connectivity index (χ0v) is 14.2. The molecule has 3 heteroatoms. The molecule has 1 aliphatic rings. The molecule has 0 radical (unpaired) electrons. The van der Waals surface area contributed by atoms with Gasteiger partial charge in [-0.15, -0.1) is 0 Å². The summed E-state index contributed by atoms with van der Waals surface area (Å²) < 4.78 is 0. The molecule has 0 aliphatic carbocycles. The molecular formula is C18H31N3. The molecule has 1 fully saturated rings. The molecule has 0 saturated carbocycles. The van der Waals surface area contributed by atoms with Crippen molar-refractivity contribution in [2.24, 2.45) is 5.73 Å². The molecule has 0 spiro atoms. The van der Waals surface area contributed by atoms with E-state index in [1.807, 2.05) is 0 Å². The number of nitrogens with zero attached hydrogens (tertiary/aromatic N) is 1. The molecule has 1 aliphatic heterocycles. The fourth-order valence-corrected chi connectivity index (χ4v) is 3.46. The molecule has 3 nitrogen and oxygen atoms in total. The van der Waals surface area contributed by atoms with Crippen LogP contribution in [-0.4, -0.2) is 23.6 Å². The molecule has 0 amide bonds. The second-order valence-electron chi connectivity index (χ2n) is 6.75. The van der Waals surface area contributed by atoms with E-state index < -0.39 is 0 Å². The molecule has 3 atom stereocenters. The lowest BCUT2D eigenvalue weighted by Gasteiger charge is -2.41. The molecule has 1 aromatic rings. The molecule has 118 valence electrons. The van der Waals surface area contributed by atoms with Gasteiger partial charge in [-0.05, 0) is 69.7 Å². The smallest absolute Gasteiger partial charge is 0.0589 e. The lowest BCUT2D eigenvalue weighted by atomic mass is 9.95. The highest BCUT2D eigenvalue weighted by atomic mass is 15.5. The van der Waals surface area contributed by atoms with Crippen LogP contribution < -0.4 is 11.2 Å². The summed E-state index contributed by atoms with van der Waals surface area (Å²) >= 11 is 0. The number of rotatable bonds is 4. The van der Waals surface area contributed by atoms with Crippen LogP contribution in [0.5, 0.6) is 0 Å². The predicted octanol–water partition coefficient (Wildman–Crippen LogP) is 3.38. The summed E-state index contributed by atoms with van der Waals surface area (Å²) in [7, 11) is 0. The Hall–Kier alpha value is -0.900. The van der Waals surface area contributed by atoms with Crippen LogP contribution in [0.1, 0.15) is 61.4 Å². The van der Waals surface area contributed by atoms with Gasteiger partial charge < -0.3 is 5.73 Å². The maximum absolute atomic E-state index is 6.08. The lowest BCUT2D eigenvalue weighted by Crippen LogP contribution is -2.54. The van der Waals surface area contributed by atoms with Gasteiger partial charge in [0.25, 0.3) is 0 Å². The number of benzene rings is 1. The summed E-state index contributed by atoms with van der Waals surface area (Å²) in [4.78, 5) is 0. The molecule has 3 unspecified atom stereocenters. The molecule has 1 heterocycles. The van der Waals surface area contributed by atoms with Crippen molar-refractivity contribution in [3.05, 3.63) is 34.4 Å². The van der Waals surface area contributed by atoms with Crippen LogP contribution in [-0.2, 0) is 0 Å². The topological polar surface area (TPSA) is 41.3 Å². The van der Waals surface area contributed by atoms with Gasteiger partial charge in [0.15, 0.2) is 0 Å². The lowest BCUT2D eigenvalue weighted by molar-refractivity contribution is 0.0303. The van der Waals surface area contributed by atoms with Gasteiger partial charge in [-0.1, -0.05) is 18.6 Å². The summed E-state index contributed by atoms with van der Waals surface area (Å²) in [5.41, 5.74) is 15.2. The number of hydrogen-bond donors (Lipinski definition) is 2. The minimum absolute atomic E-state index is 0.201. The van der Waals surface area contributed by atoms with Gasteiger partial charge in [0.05, 0.1) is 6.04 Å². The molecule has 1 aromatic carbocycles. The van der Waals surface area contributed by atoms with E-state index in [1.54, 1.807) is 0 Å². The monoisotopic (exact) mass is 289 g/mol. The van der Waals surface area contributed by atoms with E-state index >= 15 is 0 Å². The first-order valence-electron chi connectivity index (χ1n) is 8.26. The van der Waals surface area contributed by atoms with Crippen LogP contribution in [0.15, 0.2) is 12.1 Å². The van der Waals surface area contributed by atoms with Gasteiger partial charge in [-0.25, -0.2) is 10.4 Å².